The van der Waals surface area contributed by atoms with Gasteiger partial charge in [0, 0.05) is 24.5 Å². The van der Waals surface area contributed by atoms with Crippen molar-refractivity contribution < 1.29 is 42.2 Å². The molecule has 0 aromatic rings. The van der Waals surface area contributed by atoms with Gasteiger partial charge in [-0.3, -0.25) is 9.59 Å². The maximum atomic E-state index is 12.5. The van der Waals surface area contributed by atoms with Crippen molar-refractivity contribution in [2.45, 2.75) is 38.0 Å². The molecule has 1 fully saturated rings. The molecule has 0 radical (unpaired) electrons. The molecule has 1 aliphatic carbocycles. The van der Waals surface area contributed by atoms with Gasteiger partial charge in [-0.05, 0) is 18.8 Å². The summed E-state index contributed by atoms with van der Waals surface area (Å²) in [5, 5.41) is 18.3. The van der Waals surface area contributed by atoms with Crippen LogP contribution < -0.4 is 5.32 Å². The van der Waals surface area contributed by atoms with Crippen LogP contribution >= 0.6 is 21.6 Å². The Morgan fingerprint density at radius 2 is 1.60 bits per heavy atom. The summed E-state index contributed by atoms with van der Waals surface area (Å²) >= 11 is 0. The van der Waals surface area contributed by atoms with Gasteiger partial charge in [0.25, 0.3) is 0 Å². The van der Waals surface area contributed by atoms with E-state index in [0.717, 1.165) is 5.75 Å². The number of nitrogens with one attached hydrogen (secondary N) is 1. The van der Waals surface area contributed by atoms with Crippen molar-refractivity contribution in [3.63, 3.8) is 0 Å². The predicted octanol–water partition coefficient (Wildman–Crippen LogP) is 2.73. The molecule has 1 aliphatic rings. The van der Waals surface area contributed by atoms with Crippen LogP contribution in [0.15, 0.2) is 0 Å². The predicted molar refractivity (Wildman–Crippen MR) is 86.1 cm³/mol. The Bertz CT molecular complexity index is 445. The lowest BCUT2D eigenvalue weighted by Gasteiger charge is -2.28. The highest BCUT2D eigenvalue weighted by Gasteiger charge is 2.38. The van der Waals surface area contributed by atoms with Crippen molar-refractivity contribution in [2.75, 3.05) is 18.1 Å². The zero-order chi connectivity index (χ0) is 19.5. The smallest absolute Gasteiger partial charge is 0.481 e. The largest absolute Gasteiger partial charge is 0.490 e. The topological polar surface area (TPSA) is 104 Å². The van der Waals surface area contributed by atoms with Crippen LogP contribution in [-0.2, 0) is 14.4 Å². The molecule has 0 aliphatic heterocycles. The van der Waals surface area contributed by atoms with Crippen molar-refractivity contribution in [2.24, 2.45) is 5.92 Å². The van der Waals surface area contributed by atoms with E-state index < -0.39 is 24.3 Å². The number of alkyl halides is 4. The second-order valence-corrected chi connectivity index (χ2v) is 7.78. The van der Waals surface area contributed by atoms with Crippen LogP contribution in [-0.4, -0.2) is 58.5 Å². The van der Waals surface area contributed by atoms with Gasteiger partial charge in [-0.25, -0.2) is 9.18 Å². The van der Waals surface area contributed by atoms with Crippen LogP contribution in [0.2, 0.25) is 0 Å². The maximum absolute atomic E-state index is 12.5. The van der Waals surface area contributed by atoms with Crippen molar-refractivity contribution in [3.8, 4) is 0 Å². The summed E-state index contributed by atoms with van der Waals surface area (Å²) in [6, 6.07) is 0. The van der Waals surface area contributed by atoms with Gasteiger partial charge >= 0.3 is 18.1 Å². The summed E-state index contributed by atoms with van der Waals surface area (Å²) < 4.78 is 44.3. The van der Waals surface area contributed by atoms with E-state index in [1.54, 1.807) is 10.8 Å². The van der Waals surface area contributed by atoms with Crippen LogP contribution in [0.1, 0.15) is 25.7 Å². The maximum Gasteiger partial charge on any atom is 0.490 e. The van der Waals surface area contributed by atoms with Crippen molar-refractivity contribution >= 4 is 39.4 Å². The first kappa shape index (κ1) is 23.8. The molecule has 1 rings (SSSR count). The van der Waals surface area contributed by atoms with Crippen molar-refractivity contribution in [1.29, 1.82) is 0 Å². The first-order chi connectivity index (χ1) is 11.5. The van der Waals surface area contributed by atoms with E-state index in [1.807, 2.05) is 0 Å². The molecule has 1 saturated carbocycles. The van der Waals surface area contributed by atoms with E-state index in [9.17, 15) is 27.2 Å². The Morgan fingerprint density at radius 3 is 2.04 bits per heavy atom. The standard InChI is InChI=1S/C11H18FNO3S2.C2HF3O2/c12-9-5-8(6-9)7-10(14)13-2-4-18-17-3-1-11(15)16;3-2(4,5)1(6)7/h8-9H,1-7H2,(H,13,14)(H,15,16);(H,6,7). The Labute approximate surface area is 149 Å². The summed E-state index contributed by atoms with van der Waals surface area (Å²) in [6.07, 6.45) is -4.16. The lowest BCUT2D eigenvalue weighted by atomic mass is 9.81. The third-order valence-electron chi connectivity index (χ3n) is 2.88. The fraction of sp³-hybridized carbons (Fsp3) is 0.769. The van der Waals surface area contributed by atoms with Crippen LogP contribution in [0.4, 0.5) is 17.6 Å². The number of rotatable bonds is 9. The number of carboxylic acid groups (broad SMARTS) is 2. The van der Waals surface area contributed by atoms with E-state index in [0.29, 0.717) is 31.6 Å². The minimum Gasteiger partial charge on any atom is -0.481 e. The van der Waals surface area contributed by atoms with Gasteiger partial charge in [0.15, 0.2) is 0 Å². The Hall–Kier alpha value is -1.17. The molecule has 0 heterocycles. The molecular formula is C13H19F4NO5S2. The molecule has 0 aromatic carbocycles. The van der Waals surface area contributed by atoms with E-state index in [1.165, 1.54) is 10.8 Å². The fourth-order valence-corrected chi connectivity index (χ4v) is 3.52. The number of hydrogen-bond acceptors (Lipinski definition) is 5. The first-order valence-corrected chi connectivity index (χ1v) is 9.68. The number of carbonyl (C=O) groups is 3. The quantitative estimate of drug-likeness (QED) is 0.306. The van der Waals surface area contributed by atoms with Gasteiger partial charge in [0.05, 0.1) is 6.42 Å². The second-order valence-electron chi connectivity index (χ2n) is 5.08. The van der Waals surface area contributed by atoms with E-state index in [-0.39, 0.29) is 18.2 Å². The lowest BCUT2D eigenvalue weighted by Crippen LogP contribution is -2.33. The number of carboxylic acids is 2. The molecule has 12 heteroatoms. The summed E-state index contributed by atoms with van der Waals surface area (Å²) in [5.74, 6) is -2.00. The molecule has 0 spiro atoms. The molecular weight excluding hydrogens is 390 g/mol. The number of amides is 1. The normalized spacial score (nSPS) is 19.2. The van der Waals surface area contributed by atoms with Crippen molar-refractivity contribution in [3.05, 3.63) is 0 Å². The molecule has 25 heavy (non-hydrogen) atoms. The third-order valence-corrected chi connectivity index (χ3v) is 5.29. The molecule has 6 nitrogen and oxygen atoms in total. The number of carbonyl (C=O) groups excluding carboxylic acids is 1. The summed E-state index contributed by atoms with van der Waals surface area (Å²) in [5.41, 5.74) is 0. The zero-order valence-corrected chi connectivity index (χ0v) is 14.7. The van der Waals surface area contributed by atoms with Gasteiger partial charge in [0.1, 0.15) is 6.17 Å². The van der Waals surface area contributed by atoms with Gasteiger partial charge in [0.2, 0.25) is 5.91 Å². The number of aliphatic carboxylic acids is 2. The van der Waals surface area contributed by atoms with Gasteiger partial charge in [-0.2, -0.15) is 13.2 Å². The molecule has 0 unspecified atom stereocenters. The molecule has 0 atom stereocenters. The Morgan fingerprint density at radius 1 is 1.08 bits per heavy atom. The fourth-order valence-electron chi connectivity index (χ4n) is 1.63. The number of hydrogen-bond donors (Lipinski definition) is 3. The summed E-state index contributed by atoms with van der Waals surface area (Å²) in [4.78, 5) is 30.5. The highest BCUT2D eigenvalue weighted by molar-refractivity contribution is 8.76. The summed E-state index contributed by atoms with van der Waals surface area (Å²) in [7, 11) is 3.05. The van der Waals surface area contributed by atoms with Gasteiger partial charge in [-0.1, -0.05) is 21.6 Å². The highest BCUT2D eigenvalue weighted by Crippen LogP contribution is 2.32. The Kier molecular flexibility index (Phi) is 11.7. The van der Waals surface area contributed by atoms with Gasteiger partial charge < -0.3 is 15.5 Å². The second kappa shape index (κ2) is 12.2. The van der Waals surface area contributed by atoms with Crippen LogP contribution in [0.25, 0.3) is 0 Å². The number of halogens is 4. The first-order valence-electron chi connectivity index (χ1n) is 7.19. The average Bonchev–Trinajstić information content (AvgIpc) is 2.44. The van der Waals surface area contributed by atoms with Crippen LogP contribution in [0.5, 0.6) is 0 Å². The summed E-state index contributed by atoms with van der Waals surface area (Å²) in [6.45, 7) is 0.579. The monoisotopic (exact) mass is 409 g/mol. The zero-order valence-electron chi connectivity index (χ0n) is 13.1. The SMILES string of the molecule is O=C(O)C(F)(F)F.O=C(O)CCSSCCNC(=O)CC1CC(F)C1. The average molecular weight is 409 g/mol. The van der Waals surface area contributed by atoms with E-state index >= 15 is 0 Å². The molecule has 146 valence electrons. The van der Waals surface area contributed by atoms with Crippen LogP contribution in [0.3, 0.4) is 0 Å². The molecule has 0 saturated heterocycles. The van der Waals surface area contributed by atoms with E-state index in [2.05, 4.69) is 5.32 Å². The minimum atomic E-state index is -5.08. The van der Waals surface area contributed by atoms with Gasteiger partial charge in [-0.15, -0.1) is 0 Å². The highest BCUT2D eigenvalue weighted by atomic mass is 33.1. The minimum absolute atomic E-state index is 0.0111. The molecule has 1 amide bonds. The third kappa shape index (κ3) is 13.8. The van der Waals surface area contributed by atoms with Crippen molar-refractivity contribution in [1.82, 2.24) is 5.32 Å². The van der Waals surface area contributed by atoms with E-state index in [4.69, 9.17) is 15.0 Å². The molecule has 3 N–H and O–H groups in total. The lowest BCUT2D eigenvalue weighted by molar-refractivity contribution is -0.192. The Balaban J connectivity index is 0.000000697. The molecule has 0 aromatic heterocycles. The molecule has 0 bridgehead atoms. The van der Waals surface area contributed by atoms with Crippen LogP contribution in [0, 0.1) is 5.92 Å².